The summed E-state index contributed by atoms with van der Waals surface area (Å²) >= 11 is 0. The fourth-order valence-electron chi connectivity index (χ4n) is 0.759. The first-order valence-corrected chi connectivity index (χ1v) is 3.09. The van der Waals surface area contributed by atoms with E-state index in [9.17, 15) is 10.1 Å². The summed E-state index contributed by atoms with van der Waals surface area (Å²) in [6.45, 7) is 0. The third-order valence-electron chi connectivity index (χ3n) is 1.34. The molecule has 0 fully saturated rings. The third kappa shape index (κ3) is 1.43. The van der Waals surface area contributed by atoms with Gasteiger partial charge in [0.25, 0.3) is 0 Å². The van der Waals surface area contributed by atoms with Crippen LogP contribution in [-0.4, -0.2) is 10.0 Å². The largest absolute Gasteiger partial charge is 0.502 e. The summed E-state index contributed by atoms with van der Waals surface area (Å²) in [6, 6.07) is 3.78. The second kappa shape index (κ2) is 3.05. The molecular formula is C6H7N3O3. The molecule has 1 aromatic carbocycles. The van der Waals surface area contributed by atoms with Crippen LogP contribution in [-0.2, 0) is 0 Å². The number of aromatic hydroxyl groups is 1. The van der Waals surface area contributed by atoms with Crippen molar-refractivity contribution in [1.29, 1.82) is 0 Å². The predicted octanol–water partition coefficient (Wildman–Crippen LogP) is 0.586. The molecule has 1 aromatic rings. The highest BCUT2D eigenvalue weighted by Crippen LogP contribution is 2.27. The highest BCUT2D eigenvalue weighted by molar-refractivity contribution is 5.57. The molecule has 0 aliphatic carbocycles. The minimum atomic E-state index is -0.684. The number of rotatable bonds is 2. The molecule has 6 nitrogen and oxygen atoms in total. The maximum Gasteiger partial charge on any atom is 0.312 e. The van der Waals surface area contributed by atoms with Crippen LogP contribution >= 0.6 is 0 Å². The van der Waals surface area contributed by atoms with Gasteiger partial charge in [-0.3, -0.25) is 16.0 Å². The zero-order valence-electron chi connectivity index (χ0n) is 6.02. The number of nitrogen functional groups attached to an aromatic ring is 1. The lowest BCUT2D eigenvalue weighted by atomic mass is 10.2. The SMILES string of the molecule is NNc1ccc(O)c([N+](=O)[O-])c1. The van der Waals surface area contributed by atoms with Crippen molar-refractivity contribution in [2.24, 2.45) is 5.84 Å². The van der Waals surface area contributed by atoms with Crippen molar-refractivity contribution in [2.45, 2.75) is 0 Å². The Kier molecular flexibility index (Phi) is 2.11. The van der Waals surface area contributed by atoms with Gasteiger partial charge in [-0.1, -0.05) is 0 Å². The average molecular weight is 169 g/mol. The molecule has 0 unspecified atom stereocenters. The first-order valence-electron chi connectivity index (χ1n) is 3.09. The maximum atomic E-state index is 10.3. The number of phenolic OH excluding ortho intramolecular Hbond substituents is 1. The number of benzene rings is 1. The molecule has 12 heavy (non-hydrogen) atoms. The number of nitro groups is 1. The first-order chi connectivity index (χ1) is 5.65. The molecule has 0 aromatic heterocycles. The molecule has 0 aliphatic rings. The fraction of sp³-hybridized carbons (Fsp3) is 0. The second-order valence-electron chi connectivity index (χ2n) is 2.10. The van der Waals surface area contributed by atoms with Gasteiger partial charge in [-0.05, 0) is 12.1 Å². The number of hydrogen-bond acceptors (Lipinski definition) is 5. The molecule has 0 bridgehead atoms. The Balaban J connectivity index is 3.17. The van der Waals surface area contributed by atoms with E-state index in [0.29, 0.717) is 5.69 Å². The van der Waals surface area contributed by atoms with Crippen LogP contribution in [0.5, 0.6) is 5.75 Å². The number of nitro benzene ring substituents is 1. The Morgan fingerprint density at radius 3 is 2.75 bits per heavy atom. The van der Waals surface area contributed by atoms with Gasteiger partial charge in [0, 0.05) is 6.07 Å². The average Bonchev–Trinajstić information content (AvgIpc) is 2.05. The molecule has 0 radical (unpaired) electrons. The topological polar surface area (TPSA) is 101 Å². The van der Waals surface area contributed by atoms with E-state index in [-0.39, 0.29) is 11.4 Å². The number of nitrogens with zero attached hydrogens (tertiary/aromatic N) is 1. The summed E-state index contributed by atoms with van der Waals surface area (Å²) in [6.07, 6.45) is 0. The maximum absolute atomic E-state index is 10.3. The van der Waals surface area contributed by atoms with Crippen LogP contribution in [0, 0.1) is 10.1 Å². The van der Waals surface area contributed by atoms with Crippen molar-refractivity contribution >= 4 is 11.4 Å². The number of hydrazine groups is 1. The molecule has 0 heterocycles. The van der Waals surface area contributed by atoms with Gasteiger partial charge in [-0.15, -0.1) is 0 Å². The monoisotopic (exact) mass is 169 g/mol. The molecule has 1 rings (SSSR count). The van der Waals surface area contributed by atoms with Crippen molar-refractivity contribution < 1.29 is 10.0 Å². The molecular weight excluding hydrogens is 162 g/mol. The first kappa shape index (κ1) is 8.28. The second-order valence-corrected chi connectivity index (χ2v) is 2.10. The van der Waals surface area contributed by atoms with Gasteiger partial charge >= 0.3 is 5.69 Å². The molecule has 0 saturated heterocycles. The number of hydrogen-bond donors (Lipinski definition) is 3. The van der Waals surface area contributed by atoms with Gasteiger partial charge in [0.05, 0.1) is 10.6 Å². The molecule has 0 saturated carbocycles. The number of anilines is 1. The Hall–Kier alpha value is -1.82. The van der Waals surface area contributed by atoms with E-state index >= 15 is 0 Å². The van der Waals surface area contributed by atoms with E-state index in [4.69, 9.17) is 10.9 Å². The summed E-state index contributed by atoms with van der Waals surface area (Å²) in [7, 11) is 0. The van der Waals surface area contributed by atoms with Gasteiger partial charge < -0.3 is 10.5 Å². The lowest BCUT2D eigenvalue weighted by Gasteiger charge is -1.99. The zero-order valence-corrected chi connectivity index (χ0v) is 6.02. The lowest BCUT2D eigenvalue weighted by molar-refractivity contribution is -0.385. The van der Waals surface area contributed by atoms with Gasteiger partial charge in [0.1, 0.15) is 0 Å². The van der Waals surface area contributed by atoms with Crippen LogP contribution in [0.4, 0.5) is 11.4 Å². The molecule has 64 valence electrons. The zero-order chi connectivity index (χ0) is 9.14. The Morgan fingerprint density at radius 1 is 1.58 bits per heavy atom. The van der Waals surface area contributed by atoms with E-state index in [0.717, 1.165) is 6.07 Å². The lowest BCUT2D eigenvalue weighted by Crippen LogP contribution is -2.06. The Bertz CT molecular complexity index is 313. The van der Waals surface area contributed by atoms with Gasteiger partial charge in [0.15, 0.2) is 5.75 Å². The quantitative estimate of drug-likeness (QED) is 0.260. The minimum absolute atomic E-state index is 0.370. The number of nitrogens with two attached hydrogens (primary N) is 1. The van der Waals surface area contributed by atoms with Crippen molar-refractivity contribution in [3.05, 3.63) is 28.3 Å². The van der Waals surface area contributed by atoms with Crippen LogP contribution in [0.15, 0.2) is 18.2 Å². The van der Waals surface area contributed by atoms with Crippen LogP contribution in [0.1, 0.15) is 0 Å². The van der Waals surface area contributed by atoms with Crippen LogP contribution in [0.25, 0.3) is 0 Å². The fourth-order valence-corrected chi connectivity index (χ4v) is 0.759. The van der Waals surface area contributed by atoms with Crippen LogP contribution in [0.3, 0.4) is 0 Å². The molecule has 0 spiro atoms. The normalized spacial score (nSPS) is 9.42. The smallest absolute Gasteiger partial charge is 0.312 e. The molecule has 0 aliphatic heterocycles. The highest BCUT2D eigenvalue weighted by atomic mass is 16.6. The molecule has 0 amide bonds. The Morgan fingerprint density at radius 2 is 2.25 bits per heavy atom. The predicted molar refractivity (Wildman–Crippen MR) is 42.6 cm³/mol. The van der Waals surface area contributed by atoms with Crippen LogP contribution in [0.2, 0.25) is 0 Å². The van der Waals surface area contributed by atoms with E-state index < -0.39 is 4.92 Å². The Labute approximate surface area is 67.7 Å². The van der Waals surface area contributed by atoms with E-state index in [1.165, 1.54) is 12.1 Å². The highest BCUT2D eigenvalue weighted by Gasteiger charge is 2.12. The van der Waals surface area contributed by atoms with Crippen molar-refractivity contribution in [3.63, 3.8) is 0 Å². The van der Waals surface area contributed by atoms with Crippen molar-refractivity contribution in [2.75, 3.05) is 5.43 Å². The van der Waals surface area contributed by atoms with Crippen LogP contribution < -0.4 is 11.3 Å². The standard InChI is InChI=1S/C6H7N3O3/c7-8-4-1-2-6(10)5(3-4)9(11)12/h1-3,8,10H,7H2. The van der Waals surface area contributed by atoms with E-state index in [1.54, 1.807) is 0 Å². The summed E-state index contributed by atoms with van der Waals surface area (Å²) in [4.78, 5) is 9.58. The summed E-state index contributed by atoms with van der Waals surface area (Å²) in [5, 5.41) is 19.3. The minimum Gasteiger partial charge on any atom is -0.502 e. The summed E-state index contributed by atoms with van der Waals surface area (Å²) < 4.78 is 0. The van der Waals surface area contributed by atoms with E-state index in [2.05, 4.69) is 5.43 Å². The van der Waals surface area contributed by atoms with Gasteiger partial charge in [-0.2, -0.15) is 0 Å². The van der Waals surface area contributed by atoms with Gasteiger partial charge in [0.2, 0.25) is 0 Å². The van der Waals surface area contributed by atoms with Gasteiger partial charge in [-0.25, -0.2) is 0 Å². The summed E-state index contributed by atoms with van der Waals surface area (Å²) in [5.74, 6) is 4.64. The van der Waals surface area contributed by atoms with Crippen molar-refractivity contribution in [3.8, 4) is 5.75 Å². The van der Waals surface area contributed by atoms with Crippen molar-refractivity contribution in [1.82, 2.24) is 0 Å². The van der Waals surface area contributed by atoms with E-state index in [1.807, 2.05) is 0 Å². The number of nitrogens with one attached hydrogen (secondary N) is 1. The molecule has 0 atom stereocenters. The molecule has 4 N–H and O–H groups in total. The molecule has 6 heteroatoms. The number of phenols is 1. The summed E-state index contributed by atoms with van der Waals surface area (Å²) in [5.41, 5.74) is 2.24. The third-order valence-corrected chi connectivity index (χ3v) is 1.34.